The number of aliphatic hydroxyl groups is 1. The van der Waals surface area contributed by atoms with Gasteiger partial charge in [-0.05, 0) is 56.7 Å². The molecule has 0 heterocycles. The van der Waals surface area contributed by atoms with Crippen molar-refractivity contribution in [3.05, 3.63) is 11.6 Å². The average Bonchev–Trinajstić information content (AvgIpc) is 2.29. The molecule has 1 fully saturated rings. The highest BCUT2D eigenvalue weighted by Gasteiger charge is 2.39. The third-order valence-corrected chi connectivity index (χ3v) is 9.29. The molecular formula is C16H32O2Si. The van der Waals surface area contributed by atoms with Crippen LogP contribution in [0, 0.1) is 5.92 Å². The van der Waals surface area contributed by atoms with Crippen LogP contribution in [-0.2, 0) is 4.43 Å². The van der Waals surface area contributed by atoms with E-state index in [4.69, 9.17) is 9.53 Å². The molecule has 0 aromatic heterocycles. The van der Waals surface area contributed by atoms with Gasteiger partial charge in [0.15, 0.2) is 8.32 Å². The fourth-order valence-electron chi connectivity index (χ4n) is 2.42. The van der Waals surface area contributed by atoms with Gasteiger partial charge in [-0.3, -0.25) is 0 Å². The Morgan fingerprint density at radius 3 is 2.16 bits per heavy atom. The van der Waals surface area contributed by atoms with Crippen molar-refractivity contribution in [1.29, 1.82) is 0 Å². The molecule has 0 aromatic rings. The summed E-state index contributed by atoms with van der Waals surface area (Å²) in [4.78, 5) is 0. The van der Waals surface area contributed by atoms with Gasteiger partial charge in [-0.1, -0.05) is 32.4 Å². The number of aliphatic hydroxyl groups excluding tert-OH is 1. The number of rotatable bonds is 4. The number of hydrogen-bond acceptors (Lipinski definition) is 2. The quantitative estimate of drug-likeness (QED) is 0.608. The molecular weight excluding hydrogens is 252 g/mol. The Kier molecular flexibility index (Phi) is 5.84. The fourth-order valence-corrected chi connectivity index (χ4v) is 3.84. The first kappa shape index (κ1) is 16.9. The normalized spacial score (nSPS) is 26.6. The lowest BCUT2D eigenvalue weighted by atomic mass is 9.86. The van der Waals surface area contributed by atoms with Gasteiger partial charge in [0.25, 0.3) is 0 Å². The van der Waals surface area contributed by atoms with Crippen molar-refractivity contribution < 1.29 is 9.53 Å². The van der Waals surface area contributed by atoms with Crippen LogP contribution < -0.4 is 0 Å². The van der Waals surface area contributed by atoms with Crippen molar-refractivity contribution in [2.75, 3.05) is 6.61 Å². The van der Waals surface area contributed by atoms with Gasteiger partial charge in [0.1, 0.15) is 0 Å². The lowest BCUT2D eigenvalue weighted by Gasteiger charge is -2.41. The second-order valence-electron chi connectivity index (χ2n) is 7.59. The predicted molar refractivity (Wildman–Crippen MR) is 84.9 cm³/mol. The van der Waals surface area contributed by atoms with Crippen molar-refractivity contribution in [1.82, 2.24) is 0 Å². The van der Waals surface area contributed by atoms with Crippen molar-refractivity contribution in [3.8, 4) is 0 Å². The Balaban J connectivity index is 2.47. The second-order valence-corrected chi connectivity index (χ2v) is 12.3. The van der Waals surface area contributed by atoms with Crippen molar-refractivity contribution in [2.45, 2.75) is 77.6 Å². The van der Waals surface area contributed by atoms with Crippen LogP contribution in [0.25, 0.3) is 0 Å². The van der Waals surface area contributed by atoms with Crippen molar-refractivity contribution in [3.63, 3.8) is 0 Å². The summed E-state index contributed by atoms with van der Waals surface area (Å²) in [6.45, 7) is 13.8. The van der Waals surface area contributed by atoms with Gasteiger partial charge >= 0.3 is 0 Å². The smallest absolute Gasteiger partial charge is 0.192 e. The molecule has 0 spiro atoms. The van der Waals surface area contributed by atoms with Crippen LogP contribution in [-0.4, -0.2) is 26.1 Å². The van der Waals surface area contributed by atoms with Crippen LogP contribution in [0.15, 0.2) is 11.6 Å². The summed E-state index contributed by atoms with van der Waals surface area (Å²) in [5.74, 6) is 0.645. The molecule has 19 heavy (non-hydrogen) atoms. The standard InChI is InChI=1S/C16H32O2Si/c1-13(12-17)11-14-7-9-15(10-8-14)18-19(5,6)16(2,3)4/h11,14-15,17H,7-10,12H2,1-6H3. The fraction of sp³-hybridized carbons (Fsp3) is 0.875. The van der Waals surface area contributed by atoms with E-state index in [0.717, 1.165) is 5.57 Å². The molecule has 2 nitrogen and oxygen atoms in total. The van der Waals surface area contributed by atoms with E-state index < -0.39 is 8.32 Å². The molecule has 0 aliphatic heterocycles. The van der Waals surface area contributed by atoms with E-state index in [-0.39, 0.29) is 6.61 Å². The zero-order chi connectivity index (χ0) is 14.7. The van der Waals surface area contributed by atoms with Crippen LogP contribution in [0.5, 0.6) is 0 Å². The minimum Gasteiger partial charge on any atom is -0.414 e. The maximum Gasteiger partial charge on any atom is 0.192 e. The molecule has 1 rings (SSSR count). The molecule has 1 aliphatic carbocycles. The largest absolute Gasteiger partial charge is 0.414 e. The number of hydrogen-bond donors (Lipinski definition) is 1. The first-order valence-electron chi connectivity index (χ1n) is 7.61. The van der Waals surface area contributed by atoms with Gasteiger partial charge in [0.05, 0.1) is 6.61 Å². The summed E-state index contributed by atoms with van der Waals surface area (Å²) in [5.41, 5.74) is 1.11. The maximum atomic E-state index is 9.07. The van der Waals surface area contributed by atoms with Crippen LogP contribution >= 0.6 is 0 Å². The molecule has 0 atom stereocenters. The van der Waals surface area contributed by atoms with E-state index in [2.05, 4.69) is 39.9 Å². The van der Waals surface area contributed by atoms with Gasteiger partial charge in [0.2, 0.25) is 0 Å². The van der Waals surface area contributed by atoms with Gasteiger partial charge in [-0.25, -0.2) is 0 Å². The Morgan fingerprint density at radius 2 is 1.74 bits per heavy atom. The Labute approximate surface area is 120 Å². The molecule has 1 aliphatic rings. The van der Waals surface area contributed by atoms with Crippen molar-refractivity contribution in [2.24, 2.45) is 5.92 Å². The van der Waals surface area contributed by atoms with E-state index in [1.54, 1.807) is 0 Å². The third kappa shape index (κ3) is 5.05. The van der Waals surface area contributed by atoms with Gasteiger partial charge < -0.3 is 9.53 Å². The summed E-state index contributed by atoms with van der Waals surface area (Å²) < 4.78 is 6.49. The Morgan fingerprint density at radius 1 is 1.21 bits per heavy atom. The molecule has 3 heteroatoms. The molecule has 0 unspecified atom stereocenters. The summed E-state index contributed by atoms with van der Waals surface area (Å²) >= 11 is 0. The van der Waals surface area contributed by atoms with E-state index in [1.807, 2.05) is 6.92 Å². The minimum atomic E-state index is -1.61. The first-order chi connectivity index (χ1) is 8.65. The molecule has 112 valence electrons. The molecule has 0 saturated heterocycles. The lowest BCUT2D eigenvalue weighted by Crippen LogP contribution is -2.44. The lowest BCUT2D eigenvalue weighted by molar-refractivity contribution is 0.125. The monoisotopic (exact) mass is 284 g/mol. The second kappa shape index (κ2) is 6.55. The molecule has 0 aromatic carbocycles. The van der Waals surface area contributed by atoms with E-state index in [1.165, 1.54) is 25.7 Å². The number of allylic oxidation sites excluding steroid dienone is 1. The van der Waals surface area contributed by atoms with E-state index in [9.17, 15) is 0 Å². The van der Waals surface area contributed by atoms with E-state index >= 15 is 0 Å². The topological polar surface area (TPSA) is 29.5 Å². The van der Waals surface area contributed by atoms with Crippen molar-refractivity contribution >= 4 is 8.32 Å². The summed E-state index contributed by atoms with van der Waals surface area (Å²) in [5, 5.41) is 9.38. The van der Waals surface area contributed by atoms with Crippen LogP contribution in [0.2, 0.25) is 18.1 Å². The van der Waals surface area contributed by atoms with Gasteiger partial charge in [-0.2, -0.15) is 0 Å². The molecule has 0 bridgehead atoms. The maximum absolute atomic E-state index is 9.07. The zero-order valence-corrected chi connectivity index (χ0v) is 14.6. The van der Waals surface area contributed by atoms with Crippen LogP contribution in [0.1, 0.15) is 53.4 Å². The summed E-state index contributed by atoms with van der Waals surface area (Å²) in [6, 6.07) is 0. The molecule has 1 saturated carbocycles. The molecule has 0 amide bonds. The highest BCUT2D eigenvalue weighted by atomic mass is 28.4. The third-order valence-electron chi connectivity index (χ3n) is 4.76. The van der Waals surface area contributed by atoms with Crippen LogP contribution in [0.3, 0.4) is 0 Å². The highest BCUT2D eigenvalue weighted by molar-refractivity contribution is 6.74. The molecule has 1 N–H and O–H groups in total. The van der Waals surface area contributed by atoms with Gasteiger partial charge in [-0.15, -0.1) is 0 Å². The molecule has 0 radical (unpaired) electrons. The average molecular weight is 285 g/mol. The zero-order valence-electron chi connectivity index (χ0n) is 13.6. The predicted octanol–water partition coefficient (Wildman–Crippen LogP) is 4.51. The SMILES string of the molecule is CC(=CC1CCC(O[Si](C)(C)C(C)(C)C)CC1)CO. The van der Waals surface area contributed by atoms with Gasteiger partial charge in [0, 0.05) is 6.10 Å². The van der Waals surface area contributed by atoms with E-state index in [0.29, 0.717) is 17.1 Å². The van der Waals surface area contributed by atoms with Crippen LogP contribution in [0.4, 0.5) is 0 Å². The Bertz CT molecular complexity index is 307. The first-order valence-corrected chi connectivity index (χ1v) is 10.5. The minimum absolute atomic E-state index is 0.195. The summed E-state index contributed by atoms with van der Waals surface area (Å²) in [6.07, 6.45) is 7.47. The highest BCUT2D eigenvalue weighted by Crippen LogP contribution is 2.39. The summed E-state index contributed by atoms with van der Waals surface area (Å²) in [7, 11) is -1.61. The Hall–Kier alpha value is -0.123.